The maximum absolute atomic E-state index is 12.4. The number of hydrogen-bond acceptors (Lipinski definition) is 4. The third-order valence-electron chi connectivity index (χ3n) is 3.64. The Morgan fingerprint density at radius 3 is 2.84 bits per heavy atom. The number of carbonyl (C=O) groups excluding carboxylic acids is 1. The van der Waals surface area contributed by atoms with E-state index in [2.05, 4.69) is 34.5 Å². The number of nitrogens with zero attached hydrogens (tertiary/aromatic N) is 3. The molecule has 0 radical (unpaired) electrons. The normalized spacial score (nSPS) is 10.6. The van der Waals surface area contributed by atoms with Crippen LogP contribution in [0.1, 0.15) is 28.4 Å². The van der Waals surface area contributed by atoms with Gasteiger partial charge in [-0.1, -0.05) is 31.2 Å². The van der Waals surface area contributed by atoms with E-state index < -0.39 is 0 Å². The van der Waals surface area contributed by atoms with Gasteiger partial charge >= 0.3 is 0 Å². The zero-order valence-corrected chi connectivity index (χ0v) is 14.9. The van der Waals surface area contributed by atoms with Crippen molar-refractivity contribution in [3.63, 3.8) is 0 Å². The van der Waals surface area contributed by atoms with Crippen LogP contribution in [0.5, 0.6) is 0 Å². The van der Waals surface area contributed by atoms with E-state index in [1.807, 2.05) is 35.1 Å². The fraction of sp³-hybridized carbons (Fsp3) is 0.211. The fourth-order valence-electron chi connectivity index (χ4n) is 2.48. The molecular weight excluding hydrogens is 332 g/mol. The molecule has 0 saturated heterocycles. The first kappa shape index (κ1) is 17.2. The van der Waals surface area contributed by atoms with Gasteiger partial charge < -0.3 is 5.32 Å². The van der Waals surface area contributed by atoms with Crippen molar-refractivity contribution in [3.8, 4) is 0 Å². The van der Waals surface area contributed by atoms with E-state index in [4.69, 9.17) is 0 Å². The molecule has 3 rings (SSSR count). The van der Waals surface area contributed by atoms with Crippen LogP contribution in [0.3, 0.4) is 0 Å². The van der Waals surface area contributed by atoms with Gasteiger partial charge in [0, 0.05) is 30.7 Å². The molecule has 0 spiro atoms. The maximum Gasteiger partial charge on any atom is 0.251 e. The van der Waals surface area contributed by atoms with Gasteiger partial charge in [0.05, 0.1) is 11.6 Å². The van der Waals surface area contributed by atoms with Crippen molar-refractivity contribution in [1.82, 2.24) is 20.1 Å². The highest BCUT2D eigenvalue weighted by Gasteiger charge is 2.07. The van der Waals surface area contributed by atoms with Crippen molar-refractivity contribution in [1.29, 1.82) is 0 Å². The molecule has 0 atom stereocenters. The summed E-state index contributed by atoms with van der Waals surface area (Å²) in [6, 6.07) is 13.6. The summed E-state index contributed by atoms with van der Waals surface area (Å²) in [6.07, 6.45) is 5.38. The summed E-state index contributed by atoms with van der Waals surface area (Å²) in [5, 5.41) is 8.06. The van der Waals surface area contributed by atoms with Crippen LogP contribution in [0.15, 0.2) is 66.1 Å². The van der Waals surface area contributed by atoms with Gasteiger partial charge in [0.2, 0.25) is 0 Å². The van der Waals surface area contributed by atoms with Crippen molar-refractivity contribution in [3.05, 3.63) is 77.7 Å². The monoisotopic (exact) mass is 352 g/mol. The van der Waals surface area contributed by atoms with E-state index in [1.165, 1.54) is 0 Å². The number of aromatic nitrogens is 3. The lowest BCUT2D eigenvalue weighted by Crippen LogP contribution is -2.23. The second-order valence-electron chi connectivity index (χ2n) is 5.52. The SMILES string of the molecule is CCSc1cc(C(=O)NCc2cccc(Cn3cccn3)c2)ccn1. The van der Waals surface area contributed by atoms with Crippen LogP contribution in [0, 0.1) is 0 Å². The molecule has 1 aromatic carbocycles. The lowest BCUT2D eigenvalue weighted by atomic mass is 10.1. The van der Waals surface area contributed by atoms with Gasteiger partial charge in [-0.05, 0) is 35.1 Å². The van der Waals surface area contributed by atoms with Gasteiger partial charge in [0.1, 0.15) is 0 Å². The summed E-state index contributed by atoms with van der Waals surface area (Å²) < 4.78 is 1.88. The number of nitrogens with one attached hydrogen (secondary N) is 1. The Morgan fingerprint density at radius 2 is 2.04 bits per heavy atom. The van der Waals surface area contributed by atoms with Crippen LogP contribution in [-0.2, 0) is 13.1 Å². The van der Waals surface area contributed by atoms with Crippen LogP contribution >= 0.6 is 11.8 Å². The van der Waals surface area contributed by atoms with E-state index in [0.29, 0.717) is 12.1 Å². The first-order valence-corrected chi connectivity index (χ1v) is 9.15. The van der Waals surface area contributed by atoms with Crippen LogP contribution < -0.4 is 5.32 Å². The minimum absolute atomic E-state index is 0.0853. The molecule has 0 saturated carbocycles. The number of hydrogen-bond donors (Lipinski definition) is 1. The first-order valence-electron chi connectivity index (χ1n) is 8.17. The maximum atomic E-state index is 12.4. The molecule has 2 aromatic heterocycles. The average Bonchev–Trinajstić information content (AvgIpc) is 3.13. The van der Waals surface area contributed by atoms with Crippen LogP contribution in [0.2, 0.25) is 0 Å². The predicted molar refractivity (Wildman–Crippen MR) is 99.6 cm³/mol. The van der Waals surface area contributed by atoms with E-state index in [9.17, 15) is 4.79 Å². The summed E-state index contributed by atoms with van der Waals surface area (Å²) in [5.74, 6) is 0.846. The molecule has 0 aliphatic heterocycles. The van der Waals surface area contributed by atoms with E-state index in [0.717, 1.165) is 28.5 Å². The van der Waals surface area contributed by atoms with Gasteiger partial charge in [-0.25, -0.2) is 4.98 Å². The topological polar surface area (TPSA) is 59.8 Å². The standard InChI is InChI=1S/C19H20N4OS/c1-2-25-18-12-17(7-9-20-18)19(24)21-13-15-5-3-6-16(11-15)14-23-10-4-8-22-23/h3-12H,2,13-14H2,1H3,(H,21,24). The highest BCUT2D eigenvalue weighted by Crippen LogP contribution is 2.15. The lowest BCUT2D eigenvalue weighted by Gasteiger charge is -2.08. The van der Waals surface area contributed by atoms with Gasteiger partial charge in [-0.3, -0.25) is 9.48 Å². The fourth-order valence-corrected chi connectivity index (χ4v) is 3.12. The molecule has 0 fully saturated rings. The van der Waals surface area contributed by atoms with Gasteiger partial charge in [0.15, 0.2) is 0 Å². The van der Waals surface area contributed by atoms with Crippen molar-refractivity contribution >= 4 is 17.7 Å². The van der Waals surface area contributed by atoms with Crippen molar-refractivity contribution in [2.45, 2.75) is 25.0 Å². The predicted octanol–water partition coefficient (Wildman–Crippen LogP) is 3.37. The number of benzene rings is 1. The van der Waals surface area contributed by atoms with Crippen molar-refractivity contribution in [2.24, 2.45) is 0 Å². The lowest BCUT2D eigenvalue weighted by molar-refractivity contribution is 0.0950. The largest absolute Gasteiger partial charge is 0.348 e. The van der Waals surface area contributed by atoms with E-state index >= 15 is 0 Å². The quantitative estimate of drug-likeness (QED) is 0.662. The zero-order chi connectivity index (χ0) is 17.5. The van der Waals surface area contributed by atoms with Crippen LogP contribution in [0.4, 0.5) is 0 Å². The summed E-state index contributed by atoms with van der Waals surface area (Å²) in [6.45, 7) is 3.27. The molecule has 0 unspecified atom stereocenters. The molecule has 2 heterocycles. The average molecular weight is 352 g/mol. The highest BCUT2D eigenvalue weighted by atomic mass is 32.2. The van der Waals surface area contributed by atoms with Crippen LogP contribution in [-0.4, -0.2) is 26.4 Å². The smallest absolute Gasteiger partial charge is 0.251 e. The molecule has 128 valence electrons. The molecule has 1 N–H and O–H groups in total. The molecule has 0 aliphatic carbocycles. The first-order chi connectivity index (χ1) is 12.2. The number of thioether (sulfide) groups is 1. The van der Waals surface area contributed by atoms with Crippen molar-refractivity contribution < 1.29 is 4.79 Å². The molecule has 5 nitrogen and oxygen atoms in total. The Kier molecular flexibility index (Phi) is 5.85. The minimum Gasteiger partial charge on any atom is -0.348 e. The van der Waals surface area contributed by atoms with E-state index in [1.54, 1.807) is 30.2 Å². The molecule has 0 bridgehead atoms. The molecule has 25 heavy (non-hydrogen) atoms. The van der Waals surface area contributed by atoms with Gasteiger partial charge in [-0.2, -0.15) is 5.10 Å². The summed E-state index contributed by atoms with van der Waals surface area (Å²) in [7, 11) is 0. The second-order valence-corrected chi connectivity index (χ2v) is 6.81. The Bertz CT molecular complexity index is 833. The minimum atomic E-state index is -0.0853. The summed E-state index contributed by atoms with van der Waals surface area (Å²) >= 11 is 1.63. The Labute approximate surface area is 151 Å². The highest BCUT2D eigenvalue weighted by molar-refractivity contribution is 7.99. The Morgan fingerprint density at radius 1 is 1.16 bits per heavy atom. The van der Waals surface area contributed by atoms with E-state index in [-0.39, 0.29) is 5.91 Å². The van der Waals surface area contributed by atoms with Crippen molar-refractivity contribution in [2.75, 3.05) is 5.75 Å². The molecule has 3 aromatic rings. The third kappa shape index (κ3) is 4.93. The Hall–Kier alpha value is -2.60. The molecular formula is C19H20N4OS. The number of amides is 1. The zero-order valence-electron chi connectivity index (χ0n) is 14.1. The van der Waals surface area contributed by atoms with Crippen LogP contribution in [0.25, 0.3) is 0 Å². The van der Waals surface area contributed by atoms with Gasteiger partial charge in [0.25, 0.3) is 5.91 Å². The summed E-state index contributed by atoms with van der Waals surface area (Å²) in [5.41, 5.74) is 2.86. The second kappa shape index (κ2) is 8.48. The number of rotatable bonds is 7. The molecule has 0 aliphatic rings. The summed E-state index contributed by atoms with van der Waals surface area (Å²) in [4.78, 5) is 16.6. The number of pyridine rings is 1. The van der Waals surface area contributed by atoms with Gasteiger partial charge in [-0.15, -0.1) is 11.8 Å². The Balaban J connectivity index is 1.61. The number of carbonyl (C=O) groups is 1. The molecule has 6 heteroatoms. The molecule has 1 amide bonds. The third-order valence-corrected chi connectivity index (χ3v) is 4.45.